The molecule has 0 fully saturated rings. The fourth-order valence-corrected chi connectivity index (χ4v) is 2.11. The van der Waals surface area contributed by atoms with Crippen molar-refractivity contribution < 1.29 is 9.50 Å². The van der Waals surface area contributed by atoms with E-state index in [1.54, 1.807) is 6.92 Å². The molecule has 18 heavy (non-hydrogen) atoms. The Balaban J connectivity index is 2.89. The van der Waals surface area contributed by atoms with Crippen LogP contribution in [0.1, 0.15) is 24.3 Å². The second-order valence-corrected chi connectivity index (χ2v) is 4.74. The molecule has 0 amide bonds. The average Bonchev–Trinajstić information content (AvgIpc) is 2.27. The summed E-state index contributed by atoms with van der Waals surface area (Å²) in [6, 6.07) is 4.72. The summed E-state index contributed by atoms with van der Waals surface area (Å²) in [5.74, 6) is -0.354. The molecule has 1 heterocycles. The summed E-state index contributed by atoms with van der Waals surface area (Å²) < 4.78 is 13.6. The number of aliphatic hydroxyl groups excluding tert-OH is 1. The molecule has 1 aromatic heterocycles. The zero-order valence-electron chi connectivity index (χ0n) is 11.0. The molecule has 0 aliphatic carbocycles. The fourth-order valence-electron chi connectivity index (χ4n) is 2.11. The van der Waals surface area contributed by atoms with Gasteiger partial charge < -0.3 is 10.0 Å². The van der Waals surface area contributed by atoms with Gasteiger partial charge in [-0.1, -0.05) is 0 Å². The third-order valence-corrected chi connectivity index (χ3v) is 2.95. The Kier molecular flexibility index (Phi) is 3.22. The van der Waals surface area contributed by atoms with Crippen molar-refractivity contribution in [1.82, 2.24) is 4.98 Å². The lowest BCUT2D eigenvalue weighted by atomic mass is 10.0. The molecule has 1 unspecified atom stereocenters. The number of hydrogen-bond acceptors (Lipinski definition) is 3. The minimum absolute atomic E-state index is 0.354. The molecule has 0 saturated heterocycles. The van der Waals surface area contributed by atoms with Gasteiger partial charge in [-0.3, -0.25) is 4.98 Å². The summed E-state index contributed by atoms with van der Waals surface area (Å²) >= 11 is 0. The second kappa shape index (κ2) is 4.53. The number of pyridine rings is 1. The van der Waals surface area contributed by atoms with Crippen LogP contribution in [0.4, 0.5) is 10.1 Å². The summed E-state index contributed by atoms with van der Waals surface area (Å²) in [5.41, 5.74) is 2.94. The van der Waals surface area contributed by atoms with E-state index in [2.05, 4.69) is 4.98 Å². The highest BCUT2D eigenvalue weighted by Gasteiger charge is 2.14. The predicted molar refractivity (Wildman–Crippen MR) is 71.4 cm³/mol. The number of nitrogens with zero attached hydrogens (tertiary/aromatic N) is 2. The van der Waals surface area contributed by atoms with E-state index in [1.807, 2.05) is 32.0 Å². The molecule has 1 atom stereocenters. The SMILES string of the molecule is Cc1cc(N(C)C)c2cc(F)cc(C(C)O)c2n1. The van der Waals surface area contributed by atoms with Crippen LogP contribution < -0.4 is 4.90 Å². The zero-order chi connectivity index (χ0) is 13.4. The quantitative estimate of drug-likeness (QED) is 0.887. The Labute approximate surface area is 106 Å². The summed E-state index contributed by atoms with van der Waals surface area (Å²) in [6.07, 6.45) is -0.743. The van der Waals surface area contributed by atoms with E-state index in [0.29, 0.717) is 11.1 Å². The van der Waals surface area contributed by atoms with E-state index < -0.39 is 6.10 Å². The lowest BCUT2D eigenvalue weighted by Crippen LogP contribution is -2.11. The third kappa shape index (κ3) is 2.16. The Morgan fingerprint density at radius 3 is 2.50 bits per heavy atom. The summed E-state index contributed by atoms with van der Waals surface area (Å²) in [5, 5.41) is 10.5. The van der Waals surface area contributed by atoms with Crippen molar-refractivity contribution in [2.24, 2.45) is 0 Å². The molecule has 2 rings (SSSR count). The van der Waals surface area contributed by atoms with Crippen molar-refractivity contribution in [2.45, 2.75) is 20.0 Å². The summed E-state index contributed by atoms with van der Waals surface area (Å²) in [4.78, 5) is 6.35. The van der Waals surface area contributed by atoms with E-state index in [1.165, 1.54) is 12.1 Å². The van der Waals surface area contributed by atoms with Crippen molar-refractivity contribution in [3.05, 3.63) is 35.3 Å². The molecule has 0 radical (unpaired) electrons. The molecule has 0 bridgehead atoms. The molecule has 0 saturated carbocycles. The number of anilines is 1. The van der Waals surface area contributed by atoms with Crippen LogP contribution in [0.25, 0.3) is 10.9 Å². The molecule has 0 spiro atoms. The maximum Gasteiger partial charge on any atom is 0.124 e. The van der Waals surface area contributed by atoms with Crippen molar-refractivity contribution in [2.75, 3.05) is 19.0 Å². The van der Waals surface area contributed by atoms with E-state index in [-0.39, 0.29) is 5.82 Å². The van der Waals surface area contributed by atoms with Crippen molar-refractivity contribution in [3.63, 3.8) is 0 Å². The molecule has 1 aromatic carbocycles. The summed E-state index contributed by atoms with van der Waals surface area (Å²) in [7, 11) is 3.81. The van der Waals surface area contributed by atoms with Crippen LogP contribution in [0.2, 0.25) is 0 Å². The Morgan fingerprint density at radius 2 is 1.94 bits per heavy atom. The molecule has 96 valence electrons. The first-order valence-corrected chi connectivity index (χ1v) is 5.86. The Hall–Kier alpha value is -1.68. The standard InChI is InChI=1S/C14H17FN2O/c1-8-5-13(17(3)4)12-7-10(15)6-11(9(2)18)14(12)16-8/h5-7,9,18H,1-4H3. The minimum atomic E-state index is -0.743. The van der Waals surface area contributed by atoms with Crippen LogP contribution in [0.15, 0.2) is 18.2 Å². The lowest BCUT2D eigenvalue weighted by molar-refractivity contribution is 0.200. The van der Waals surface area contributed by atoms with Gasteiger partial charge in [0.1, 0.15) is 5.82 Å². The molecule has 0 aliphatic heterocycles. The van der Waals surface area contributed by atoms with Gasteiger partial charge in [-0.25, -0.2) is 4.39 Å². The van der Waals surface area contributed by atoms with Gasteiger partial charge in [0, 0.05) is 36.4 Å². The highest BCUT2D eigenvalue weighted by molar-refractivity contribution is 5.94. The maximum absolute atomic E-state index is 13.6. The topological polar surface area (TPSA) is 36.4 Å². The number of aromatic nitrogens is 1. The van der Waals surface area contributed by atoms with Gasteiger partial charge in [-0.2, -0.15) is 0 Å². The Bertz CT molecular complexity index is 541. The van der Waals surface area contributed by atoms with Crippen molar-refractivity contribution >= 4 is 16.6 Å². The number of aliphatic hydroxyl groups is 1. The lowest BCUT2D eigenvalue weighted by Gasteiger charge is -2.18. The average molecular weight is 248 g/mol. The number of aryl methyl sites for hydroxylation is 1. The van der Waals surface area contributed by atoms with E-state index in [9.17, 15) is 9.50 Å². The van der Waals surface area contributed by atoms with Crippen LogP contribution >= 0.6 is 0 Å². The van der Waals surface area contributed by atoms with Gasteiger partial charge in [0.15, 0.2) is 0 Å². The van der Waals surface area contributed by atoms with Gasteiger partial charge >= 0.3 is 0 Å². The normalized spacial score (nSPS) is 12.8. The van der Waals surface area contributed by atoms with Crippen LogP contribution in [0.3, 0.4) is 0 Å². The predicted octanol–water partition coefficient (Wildman–Crippen LogP) is 2.80. The molecule has 0 aliphatic rings. The first kappa shape index (κ1) is 12.8. The van der Waals surface area contributed by atoms with Gasteiger partial charge in [-0.05, 0) is 32.0 Å². The first-order valence-electron chi connectivity index (χ1n) is 5.86. The smallest absolute Gasteiger partial charge is 0.124 e. The number of hydrogen-bond donors (Lipinski definition) is 1. The highest BCUT2D eigenvalue weighted by Crippen LogP contribution is 2.31. The summed E-state index contributed by atoms with van der Waals surface area (Å²) in [6.45, 7) is 3.51. The van der Waals surface area contributed by atoms with Gasteiger partial charge in [-0.15, -0.1) is 0 Å². The molecule has 3 nitrogen and oxygen atoms in total. The largest absolute Gasteiger partial charge is 0.389 e. The molecule has 4 heteroatoms. The van der Waals surface area contributed by atoms with Gasteiger partial charge in [0.05, 0.1) is 11.6 Å². The zero-order valence-corrected chi connectivity index (χ0v) is 11.0. The monoisotopic (exact) mass is 248 g/mol. The van der Waals surface area contributed by atoms with Gasteiger partial charge in [0.25, 0.3) is 0 Å². The number of rotatable bonds is 2. The van der Waals surface area contributed by atoms with Crippen molar-refractivity contribution in [3.8, 4) is 0 Å². The highest BCUT2D eigenvalue weighted by atomic mass is 19.1. The first-order chi connectivity index (χ1) is 8.40. The minimum Gasteiger partial charge on any atom is -0.389 e. The van der Waals surface area contributed by atoms with E-state index in [0.717, 1.165) is 16.8 Å². The van der Waals surface area contributed by atoms with Crippen LogP contribution in [0.5, 0.6) is 0 Å². The number of halogens is 1. The second-order valence-electron chi connectivity index (χ2n) is 4.74. The molecule has 1 N–H and O–H groups in total. The van der Waals surface area contributed by atoms with Gasteiger partial charge in [0.2, 0.25) is 0 Å². The third-order valence-electron chi connectivity index (χ3n) is 2.95. The maximum atomic E-state index is 13.6. The molecular formula is C14H17FN2O. The molecule has 2 aromatic rings. The van der Waals surface area contributed by atoms with Crippen molar-refractivity contribution in [1.29, 1.82) is 0 Å². The van der Waals surface area contributed by atoms with Crippen LogP contribution in [-0.2, 0) is 0 Å². The van der Waals surface area contributed by atoms with E-state index in [4.69, 9.17) is 0 Å². The number of benzene rings is 1. The molecular weight excluding hydrogens is 231 g/mol. The Morgan fingerprint density at radius 1 is 1.28 bits per heavy atom. The number of fused-ring (bicyclic) bond motifs is 1. The van der Waals surface area contributed by atoms with Crippen LogP contribution in [-0.4, -0.2) is 24.2 Å². The fraction of sp³-hybridized carbons (Fsp3) is 0.357. The van der Waals surface area contributed by atoms with Crippen LogP contribution in [0, 0.1) is 12.7 Å². The van der Waals surface area contributed by atoms with E-state index >= 15 is 0 Å².